The minimum Gasteiger partial charge on any atom is -0.494 e. The van der Waals surface area contributed by atoms with Gasteiger partial charge in [-0.25, -0.2) is 9.98 Å². The van der Waals surface area contributed by atoms with Gasteiger partial charge in [-0.15, -0.1) is 0 Å². The van der Waals surface area contributed by atoms with E-state index >= 15 is 0 Å². The number of para-hydroxylation sites is 1. The van der Waals surface area contributed by atoms with Gasteiger partial charge in [0.25, 0.3) is 0 Å². The zero-order chi connectivity index (χ0) is 46.8. The van der Waals surface area contributed by atoms with E-state index < -0.39 is 6.04 Å². The van der Waals surface area contributed by atoms with Gasteiger partial charge in [0.1, 0.15) is 12.0 Å². The van der Waals surface area contributed by atoms with Gasteiger partial charge in [-0.1, -0.05) is 81.0 Å². The third-order valence-electron chi connectivity index (χ3n) is 12.7. The molecule has 352 valence electrons. The highest BCUT2D eigenvalue weighted by atomic mass is 35.5. The summed E-state index contributed by atoms with van der Waals surface area (Å²) in [5.41, 5.74) is 10.6. The average molecular weight is 937 g/mol. The number of nitrogens with two attached hydrogens (primary N) is 1. The van der Waals surface area contributed by atoms with Gasteiger partial charge in [-0.05, 0) is 88.9 Å². The number of anilines is 2. The number of rotatable bonds is 18. The van der Waals surface area contributed by atoms with Gasteiger partial charge in [0, 0.05) is 99.1 Å². The molecule has 3 aliphatic rings. The zero-order valence-corrected chi connectivity index (χ0v) is 40.8. The normalized spacial score (nSPS) is 18.2. The largest absolute Gasteiger partial charge is 0.494 e. The van der Waals surface area contributed by atoms with E-state index in [4.69, 9.17) is 27.1 Å². The van der Waals surface area contributed by atoms with Crippen molar-refractivity contribution in [3.05, 3.63) is 88.6 Å². The third-order valence-corrected chi connectivity index (χ3v) is 14.3. The number of methoxy groups -OCH3 is 1. The maximum absolute atomic E-state index is 12.4. The Bertz CT molecular complexity index is 2280. The van der Waals surface area contributed by atoms with Crippen molar-refractivity contribution in [1.29, 1.82) is 0 Å². The van der Waals surface area contributed by atoms with Crippen LogP contribution in [0.15, 0.2) is 81.9 Å². The number of hydrogen-bond acceptors (Lipinski definition) is 10. The Kier molecular flexibility index (Phi) is 19.6. The Balaban J connectivity index is 0.891. The van der Waals surface area contributed by atoms with Gasteiger partial charge in [-0.3, -0.25) is 29.5 Å². The molecule has 1 unspecified atom stereocenters. The van der Waals surface area contributed by atoms with Crippen molar-refractivity contribution in [1.82, 2.24) is 20.0 Å². The molecular formula is C51H67ClN9O4P. The molecule has 13 nitrogen and oxygen atoms in total. The monoisotopic (exact) mass is 935 g/mol. The highest BCUT2D eigenvalue weighted by Gasteiger charge is 2.31. The molecule has 0 bridgehead atoms. The van der Waals surface area contributed by atoms with Crippen LogP contribution < -0.4 is 31.3 Å². The summed E-state index contributed by atoms with van der Waals surface area (Å²) in [6, 6.07) is 20.2. The molecule has 0 aromatic heterocycles. The number of benzene rings is 3. The summed E-state index contributed by atoms with van der Waals surface area (Å²) in [5, 5.41) is 7.29. The fraction of sp³-hybridized carbons (Fsp3) is 0.471. The van der Waals surface area contributed by atoms with E-state index in [0.717, 1.165) is 112 Å². The quantitative estimate of drug-likeness (QED) is 0.0226. The fourth-order valence-corrected chi connectivity index (χ4v) is 9.97. The molecule has 2 amide bonds. The number of imide groups is 1. The SMILES string of the molecule is COc1cc(N2CCC(N3CCN(CCCCCCCC#Cc4cccc(C=O)c4CN(C)C4CCC(=O)NC4=O)CC3)CC2)ccc1NC(/N=C\C(Cl)=C\N)=N/c1ccccc1P(C)C. The van der Waals surface area contributed by atoms with Crippen LogP contribution in [0.2, 0.25) is 0 Å². The number of allylic oxidation sites excluding steroid dienone is 1. The number of halogens is 1. The molecule has 3 aromatic carbocycles. The molecule has 0 saturated carbocycles. The number of likely N-dealkylation sites (N-methyl/N-ethyl adjacent to an activating group) is 1. The first-order valence-corrected chi connectivity index (χ1v) is 25.9. The minimum atomic E-state index is -0.412. The number of nitrogens with one attached hydrogen (secondary N) is 2. The van der Waals surface area contributed by atoms with E-state index in [0.29, 0.717) is 47.7 Å². The maximum Gasteiger partial charge on any atom is 0.243 e. The van der Waals surface area contributed by atoms with Crippen LogP contribution in [0.25, 0.3) is 0 Å². The van der Waals surface area contributed by atoms with Gasteiger partial charge in [0.05, 0.1) is 35.8 Å². The first-order chi connectivity index (χ1) is 32.1. The Morgan fingerprint density at radius 2 is 1.74 bits per heavy atom. The molecule has 0 spiro atoms. The first kappa shape index (κ1) is 50.3. The summed E-state index contributed by atoms with van der Waals surface area (Å²) in [6.07, 6.45) is 13.3. The van der Waals surface area contributed by atoms with Crippen molar-refractivity contribution >= 4 is 72.2 Å². The third kappa shape index (κ3) is 14.5. The molecule has 3 saturated heterocycles. The van der Waals surface area contributed by atoms with E-state index in [1.54, 1.807) is 13.2 Å². The number of carbonyl (C=O) groups is 3. The van der Waals surface area contributed by atoms with Crippen molar-refractivity contribution in [2.24, 2.45) is 15.7 Å². The molecule has 4 N–H and O–H groups in total. The molecular weight excluding hydrogens is 869 g/mol. The van der Waals surface area contributed by atoms with Crippen LogP contribution in [-0.4, -0.2) is 130 Å². The lowest BCUT2D eigenvalue weighted by Crippen LogP contribution is -2.53. The van der Waals surface area contributed by atoms with Crippen LogP contribution in [0.5, 0.6) is 5.75 Å². The van der Waals surface area contributed by atoms with Gasteiger partial charge in [0.15, 0.2) is 0 Å². The Morgan fingerprint density at radius 1 is 0.985 bits per heavy atom. The van der Waals surface area contributed by atoms with E-state index in [-0.39, 0.29) is 19.7 Å². The lowest BCUT2D eigenvalue weighted by Gasteiger charge is -2.43. The maximum atomic E-state index is 12.4. The number of nitrogens with zero attached hydrogens (tertiary/aromatic N) is 6. The lowest BCUT2D eigenvalue weighted by atomic mass is 9.99. The smallest absolute Gasteiger partial charge is 0.243 e. The molecule has 15 heteroatoms. The standard InChI is InChI=1S/C51H67ClN9O4P/c1-58(46-22-23-49(63)57-50(46)64)36-43-38(16-14-17-39(43)37-62)15-10-8-6-5-7-9-13-26-59-29-31-61(32-30-59)41-24-27-60(28-25-41)42-20-21-44(47(33-42)65-2)55-51(54-35-40(52)34-53)56-45-18-11-12-19-48(45)66(3)4/h11-12,14,16-21,33-35,37,41,46H,5-9,13,22-32,36,53H2,1-4H3,(H,55,56)(H,57,63,64)/b40-34-,54-35-. The molecule has 0 radical (unpaired) electrons. The number of carbonyl (C=O) groups excluding carboxylic acids is 3. The summed E-state index contributed by atoms with van der Waals surface area (Å²) in [6.45, 7) is 12.5. The van der Waals surface area contributed by atoms with Crippen LogP contribution in [0.1, 0.15) is 85.7 Å². The Morgan fingerprint density at radius 3 is 2.47 bits per heavy atom. The van der Waals surface area contributed by atoms with Gasteiger partial charge < -0.3 is 25.6 Å². The molecule has 6 rings (SSSR count). The minimum absolute atomic E-state index is 0.238. The fourth-order valence-electron chi connectivity index (χ4n) is 8.96. The van der Waals surface area contributed by atoms with E-state index in [1.165, 1.54) is 37.0 Å². The van der Waals surface area contributed by atoms with E-state index in [9.17, 15) is 14.4 Å². The van der Waals surface area contributed by atoms with Gasteiger partial charge >= 0.3 is 0 Å². The van der Waals surface area contributed by atoms with Crippen molar-refractivity contribution in [3.63, 3.8) is 0 Å². The van der Waals surface area contributed by atoms with Gasteiger partial charge in [0.2, 0.25) is 17.8 Å². The molecule has 3 aliphatic heterocycles. The molecule has 0 aliphatic carbocycles. The summed E-state index contributed by atoms with van der Waals surface area (Å²) in [5.74, 6) is 7.20. The number of aliphatic imine (C=N–C) groups is 2. The van der Waals surface area contributed by atoms with Crippen molar-refractivity contribution < 1.29 is 19.1 Å². The second kappa shape index (κ2) is 25.7. The number of guanidine groups is 1. The Hall–Kier alpha value is -5.09. The highest BCUT2D eigenvalue weighted by molar-refractivity contribution is 7.64. The van der Waals surface area contributed by atoms with E-state index in [2.05, 4.69) is 73.7 Å². The van der Waals surface area contributed by atoms with Gasteiger partial charge in [-0.2, -0.15) is 0 Å². The summed E-state index contributed by atoms with van der Waals surface area (Å²) in [7, 11) is 3.16. The van der Waals surface area contributed by atoms with Crippen LogP contribution in [-0.2, 0) is 16.1 Å². The first-order valence-electron chi connectivity index (χ1n) is 23.3. The lowest BCUT2D eigenvalue weighted by molar-refractivity contribution is -0.137. The second-order valence-electron chi connectivity index (χ2n) is 17.4. The number of piperazine rings is 1. The topological polar surface area (TPSA) is 148 Å². The number of hydrogen-bond donors (Lipinski definition) is 3. The van der Waals surface area contributed by atoms with Crippen LogP contribution in [0.4, 0.5) is 17.1 Å². The van der Waals surface area contributed by atoms with Crippen LogP contribution in [0.3, 0.4) is 0 Å². The summed E-state index contributed by atoms with van der Waals surface area (Å²) >= 11 is 6.17. The summed E-state index contributed by atoms with van der Waals surface area (Å²) < 4.78 is 5.88. The second-order valence-corrected chi connectivity index (χ2v) is 20.1. The predicted molar refractivity (Wildman–Crippen MR) is 272 cm³/mol. The number of amides is 2. The Labute approximate surface area is 398 Å². The molecule has 66 heavy (non-hydrogen) atoms. The van der Waals surface area contributed by atoms with Crippen LogP contribution in [0, 0.1) is 11.8 Å². The molecule has 3 heterocycles. The van der Waals surface area contributed by atoms with Crippen molar-refractivity contribution in [2.45, 2.75) is 82.8 Å². The van der Waals surface area contributed by atoms with Crippen molar-refractivity contribution in [2.75, 3.05) is 83.5 Å². The van der Waals surface area contributed by atoms with Crippen molar-refractivity contribution in [3.8, 4) is 17.6 Å². The van der Waals surface area contributed by atoms with Crippen LogP contribution >= 0.6 is 19.5 Å². The number of ether oxygens (including phenoxy) is 1. The summed E-state index contributed by atoms with van der Waals surface area (Å²) in [4.78, 5) is 55.1. The zero-order valence-electron chi connectivity index (χ0n) is 39.1. The van der Waals surface area contributed by atoms with E-state index in [1.807, 2.05) is 48.3 Å². The molecule has 3 aromatic rings. The molecule has 3 fully saturated rings. The molecule has 1 atom stereocenters. The predicted octanol–water partition coefficient (Wildman–Crippen LogP) is 7.30. The highest BCUT2D eigenvalue weighted by Crippen LogP contribution is 2.33. The average Bonchev–Trinajstić information content (AvgIpc) is 3.33. The number of unbranched alkanes of at least 4 members (excludes halogenated alkanes) is 5. The number of piperidine rings is 2. The number of aldehydes is 1.